The molecule has 1 aromatic carbocycles. The van der Waals surface area contributed by atoms with Crippen LogP contribution in [0.2, 0.25) is 0 Å². The highest BCUT2D eigenvalue weighted by atomic mass is 32.2. The van der Waals surface area contributed by atoms with Gasteiger partial charge in [0.1, 0.15) is 4.90 Å². The van der Waals surface area contributed by atoms with Crippen LogP contribution >= 0.6 is 0 Å². The van der Waals surface area contributed by atoms with Crippen LogP contribution < -0.4 is 10.5 Å². The number of aromatic hydroxyl groups is 1. The molecule has 9 nitrogen and oxygen atoms in total. The van der Waals surface area contributed by atoms with Crippen molar-refractivity contribution in [2.45, 2.75) is 9.79 Å². The molecule has 0 saturated carbocycles. The Balaban J connectivity index is 2.80. The molecule has 3 N–H and O–H groups in total. The van der Waals surface area contributed by atoms with Gasteiger partial charge in [0, 0.05) is 6.07 Å². The summed E-state index contributed by atoms with van der Waals surface area (Å²) >= 11 is 0. The number of fused-ring (bicyclic) bond motifs is 1. The van der Waals surface area contributed by atoms with E-state index in [1.54, 1.807) is 5.64 Å². The fraction of sp³-hybridized carbons (Fsp3) is 0. The Morgan fingerprint density at radius 2 is 1.94 bits per heavy atom. The summed E-state index contributed by atoms with van der Waals surface area (Å²) in [6.45, 7) is 0. The number of benzene rings is 1. The van der Waals surface area contributed by atoms with Crippen molar-refractivity contribution < 1.29 is 35.6 Å². The third-order valence-corrected chi connectivity index (χ3v) is 3.82. The quantitative estimate of drug-likeness (QED) is 0.562. The molecule has 1 aliphatic rings. The summed E-state index contributed by atoms with van der Waals surface area (Å²) in [6, 6.07) is 1.23. The summed E-state index contributed by atoms with van der Waals surface area (Å²) < 4.78 is 57.2. The van der Waals surface area contributed by atoms with Gasteiger partial charge in [-0.15, -0.1) is 4.28 Å². The molecule has 1 aliphatic heterocycles. The Kier molecular flexibility index (Phi) is 2.52. The van der Waals surface area contributed by atoms with Crippen LogP contribution in [-0.2, 0) is 24.5 Å². The zero-order valence-electron chi connectivity index (χ0n) is 7.82. The van der Waals surface area contributed by atoms with Crippen molar-refractivity contribution >= 4 is 20.2 Å². The van der Waals surface area contributed by atoms with Gasteiger partial charge in [0.15, 0.2) is 5.75 Å². The minimum Gasteiger partial charge on any atom is -0.504 e. The van der Waals surface area contributed by atoms with Crippen LogP contribution in [0.3, 0.4) is 0 Å². The predicted octanol–water partition coefficient (Wildman–Crippen LogP) is -0.844. The van der Waals surface area contributed by atoms with Gasteiger partial charge in [0.05, 0.1) is 4.90 Å². The lowest BCUT2D eigenvalue weighted by molar-refractivity contribution is -0.0288. The SMILES string of the molecule is O=S(=O)(O)c1cc(O)c2c(c1)S(=O)(=O)ONO2. The summed E-state index contributed by atoms with van der Waals surface area (Å²) in [5, 5.41) is 9.37. The van der Waals surface area contributed by atoms with Crippen molar-refractivity contribution in [3.8, 4) is 11.5 Å². The molecule has 17 heavy (non-hydrogen) atoms. The maximum Gasteiger partial charge on any atom is 0.319 e. The summed E-state index contributed by atoms with van der Waals surface area (Å²) in [5.74, 6) is -1.31. The Labute approximate surface area is 95.4 Å². The summed E-state index contributed by atoms with van der Waals surface area (Å²) in [4.78, 5) is 2.96. The molecule has 0 saturated heterocycles. The lowest BCUT2D eigenvalue weighted by Gasteiger charge is -2.17. The van der Waals surface area contributed by atoms with Crippen LogP contribution in [0.5, 0.6) is 11.5 Å². The Bertz CT molecular complexity index is 676. The van der Waals surface area contributed by atoms with E-state index in [4.69, 9.17) is 4.55 Å². The summed E-state index contributed by atoms with van der Waals surface area (Å²) in [5.41, 5.74) is 1.57. The van der Waals surface area contributed by atoms with Crippen molar-refractivity contribution in [2.75, 3.05) is 0 Å². The van der Waals surface area contributed by atoms with E-state index in [9.17, 15) is 21.9 Å². The van der Waals surface area contributed by atoms with E-state index in [2.05, 4.69) is 9.12 Å². The van der Waals surface area contributed by atoms with Gasteiger partial charge >= 0.3 is 10.1 Å². The van der Waals surface area contributed by atoms with E-state index >= 15 is 0 Å². The van der Waals surface area contributed by atoms with Gasteiger partial charge in [-0.05, 0) is 11.7 Å². The molecular weight excluding hydrogens is 278 g/mol. The van der Waals surface area contributed by atoms with E-state index in [1.165, 1.54) is 0 Å². The lowest BCUT2D eigenvalue weighted by Crippen LogP contribution is -2.29. The van der Waals surface area contributed by atoms with Crippen molar-refractivity contribution in [1.82, 2.24) is 5.64 Å². The van der Waals surface area contributed by atoms with Gasteiger partial charge in [0.25, 0.3) is 10.1 Å². The summed E-state index contributed by atoms with van der Waals surface area (Å²) in [7, 11) is -8.98. The molecule has 0 unspecified atom stereocenters. The molecule has 0 fully saturated rings. The van der Waals surface area contributed by atoms with Gasteiger partial charge in [-0.3, -0.25) is 4.55 Å². The van der Waals surface area contributed by atoms with Gasteiger partial charge in [0.2, 0.25) is 5.75 Å². The zero-order valence-corrected chi connectivity index (χ0v) is 9.45. The molecule has 1 heterocycles. The number of rotatable bonds is 1. The number of phenolic OH excluding ortho intramolecular Hbond substituents is 1. The van der Waals surface area contributed by atoms with Crippen LogP contribution in [0.25, 0.3) is 0 Å². The first-order valence-corrected chi connectivity index (χ1v) is 6.76. The molecule has 0 aliphatic carbocycles. The molecule has 0 radical (unpaired) electrons. The Morgan fingerprint density at radius 1 is 1.29 bits per heavy atom. The van der Waals surface area contributed by atoms with E-state index < -0.39 is 41.5 Å². The molecule has 94 valence electrons. The number of phenols is 1. The minimum absolute atomic E-state index is 0.524. The average molecular weight is 283 g/mol. The van der Waals surface area contributed by atoms with Crippen molar-refractivity contribution in [1.29, 1.82) is 0 Å². The molecule has 0 aromatic heterocycles. The third kappa shape index (κ3) is 2.05. The highest BCUT2D eigenvalue weighted by Crippen LogP contribution is 2.38. The monoisotopic (exact) mass is 283 g/mol. The maximum absolute atomic E-state index is 11.4. The van der Waals surface area contributed by atoms with Crippen LogP contribution in [0.1, 0.15) is 0 Å². The fourth-order valence-electron chi connectivity index (χ4n) is 1.15. The molecule has 0 amide bonds. The normalized spacial score (nSPS) is 18.2. The highest BCUT2D eigenvalue weighted by Gasteiger charge is 2.31. The fourth-order valence-corrected chi connectivity index (χ4v) is 2.61. The molecule has 0 atom stereocenters. The van der Waals surface area contributed by atoms with Gasteiger partial charge < -0.3 is 9.94 Å². The van der Waals surface area contributed by atoms with Gasteiger partial charge in [-0.25, -0.2) is 0 Å². The first kappa shape index (κ1) is 12.1. The number of hydrogen-bond donors (Lipinski definition) is 3. The van der Waals surface area contributed by atoms with Crippen molar-refractivity contribution in [3.05, 3.63) is 12.1 Å². The van der Waals surface area contributed by atoms with Gasteiger partial charge in [-0.1, -0.05) is 0 Å². The molecule has 1 aromatic rings. The molecule has 0 bridgehead atoms. The van der Waals surface area contributed by atoms with Crippen molar-refractivity contribution in [3.63, 3.8) is 0 Å². The highest BCUT2D eigenvalue weighted by molar-refractivity contribution is 7.87. The predicted molar refractivity (Wildman–Crippen MR) is 50.0 cm³/mol. The van der Waals surface area contributed by atoms with Crippen molar-refractivity contribution in [2.24, 2.45) is 0 Å². The smallest absolute Gasteiger partial charge is 0.319 e. The maximum atomic E-state index is 11.4. The van der Waals surface area contributed by atoms with Crippen LogP contribution in [0, 0.1) is 0 Å². The second kappa shape index (κ2) is 3.54. The topological polar surface area (TPSA) is 139 Å². The zero-order chi connectivity index (χ0) is 12.8. The van der Waals surface area contributed by atoms with E-state index in [0.717, 1.165) is 0 Å². The molecule has 11 heteroatoms. The molecule has 2 rings (SSSR count). The van der Waals surface area contributed by atoms with E-state index in [1.807, 2.05) is 0 Å². The molecular formula is C6H5NO8S2. The van der Waals surface area contributed by atoms with Crippen LogP contribution in [-0.4, -0.2) is 26.5 Å². The Morgan fingerprint density at radius 3 is 2.53 bits per heavy atom. The third-order valence-electron chi connectivity index (χ3n) is 1.86. The second-order valence-corrected chi connectivity index (χ2v) is 5.90. The van der Waals surface area contributed by atoms with E-state index in [-0.39, 0.29) is 0 Å². The standard InChI is InChI=1S/C6H5NO8S2/c8-4-1-3(16(9,10)11)2-5-6(4)14-7-15-17(5,12)13/h1-2,7-8H,(H,9,10,11). The summed E-state index contributed by atoms with van der Waals surface area (Å²) in [6.07, 6.45) is 0. The number of hydrogen-bond acceptors (Lipinski definition) is 8. The number of nitrogens with one attached hydrogen (secondary N) is 1. The van der Waals surface area contributed by atoms with Gasteiger partial charge in [-0.2, -0.15) is 16.8 Å². The second-order valence-electron chi connectivity index (χ2n) is 2.97. The first-order chi connectivity index (χ1) is 7.72. The van der Waals surface area contributed by atoms with Crippen LogP contribution in [0.15, 0.2) is 21.9 Å². The lowest BCUT2D eigenvalue weighted by atomic mass is 10.3. The molecule has 0 spiro atoms. The largest absolute Gasteiger partial charge is 0.504 e. The van der Waals surface area contributed by atoms with Crippen LogP contribution in [0.4, 0.5) is 0 Å². The average Bonchev–Trinajstić information content (AvgIpc) is 2.17. The minimum atomic E-state index is -4.66. The first-order valence-electron chi connectivity index (χ1n) is 3.91. The van der Waals surface area contributed by atoms with E-state index in [0.29, 0.717) is 12.1 Å². The Hall–Kier alpha value is -1.40.